The number of hydrogen-bond donors (Lipinski definition) is 10. The molecule has 3 aromatic carbocycles. The SMILES string of the molecule is Cn1cc(C(=O)NCC(NS(=O)(=O)c2ccc(-c3ccc(S(=O)(=O)NCCCOCCOCCOCCCNC(=O)CN4CCN(CC(=O)O)CCN(CC(=O)O)CCN(CC(=O)O)CC4)cc3)cc2)C(=O)O)c(=O)c2ccc(CNc3ncc[nH]3)cc21. The van der Waals surface area contributed by atoms with Crippen LogP contribution in [0.2, 0.25) is 0 Å². The van der Waals surface area contributed by atoms with Crippen molar-refractivity contribution >= 4 is 72.6 Å². The third kappa shape index (κ3) is 23.1. The van der Waals surface area contributed by atoms with E-state index in [1.807, 2.05) is 4.90 Å². The number of aliphatic carboxylic acids is 4. The van der Waals surface area contributed by atoms with Crippen molar-refractivity contribution in [1.29, 1.82) is 0 Å². The number of fused-ring (bicyclic) bond motifs is 1. The molecule has 480 valence electrons. The van der Waals surface area contributed by atoms with E-state index in [2.05, 4.69) is 35.4 Å². The number of nitrogens with zero attached hydrogens (tertiary/aromatic N) is 6. The molecule has 1 fully saturated rings. The van der Waals surface area contributed by atoms with Gasteiger partial charge in [0.1, 0.15) is 11.6 Å². The molecular weight excluding hydrogens is 1190 g/mol. The number of benzene rings is 3. The zero-order valence-electron chi connectivity index (χ0n) is 48.6. The fraction of sp³-hybridized carbons (Fsp3) is 0.464. The molecule has 3 heterocycles. The highest BCUT2D eigenvalue weighted by Crippen LogP contribution is 2.24. The van der Waals surface area contributed by atoms with Crippen molar-refractivity contribution in [3.63, 3.8) is 0 Å². The molecule has 0 spiro atoms. The number of carbonyl (C=O) groups excluding carboxylic acids is 2. The number of hydrogen-bond acceptors (Lipinski definition) is 20. The van der Waals surface area contributed by atoms with Crippen molar-refractivity contribution in [2.45, 2.75) is 35.2 Å². The van der Waals surface area contributed by atoms with Crippen molar-refractivity contribution < 1.29 is 80.2 Å². The molecule has 0 saturated carbocycles. The van der Waals surface area contributed by atoms with Crippen LogP contribution in [0.25, 0.3) is 22.0 Å². The molecule has 30 nitrogen and oxygen atoms in total. The Kier molecular flexibility index (Phi) is 27.3. The standard InChI is InChI=1S/C56H76N12O18S2/c1-64-35-46(53(76)45-13-4-40(32-48(45)64)33-61-56-58-16-17-59-56)54(77)60-34-47(55(78)79)63-88(82,83)44-11-7-42(8-12-44)41-5-9-43(10-6-41)87(80,81)62-15-3-27-85-29-31-86-30-28-84-26-2-14-57-49(69)36-65-18-20-66(37-50(70)71)22-24-68(39-52(74)75)25-23-67(21-19-65)38-51(72)73/h4-13,16-17,32,35,47,62-63H,2-3,14-15,18-31,33-34,36-39H2,1H3,(H,57,69)(H,60,77)(H,70,71)(H,72,73)(H,74,75)(H,78,79)(H2,58,59,61). The minimum absolute atomic E-state index is 0.00409. The molecule has 0 radical (unpaired) electrons. The first-order valence-electron chi connectivity index (χ1n) is 28.2. The molecule has 10 N–H and O–H groups in total. The van der Waals surface area contributed by atoms with Gasteiger partial charge in [-0.3, -0.25) is 53.2 Å². The molecule has 1 unspecified atom stereocenters. The van der Waals surface area contributed by atoms with Crippen LogP contribution in [0.4, 0.5) is 5.95 Å². The van der Waals surface area contributed by atoms with Gasteiger partial charge in [-0.15, -0.1) is 0 Å². The van der Waals surface area contributed by atoms with Crippen molar-refractivity contribution in [3.05, 3.63) is 107 Å². The summed E-state index contributed by atoms with van der Waals surface area (Å²) in [6.45, 7) is 3.41. The van der Waals surface area contributed by atoms with Gasteiger partial charge in [-0.1, -0.05) is 30.3 Å². The third-order valence-electron chi connectivity index (χ3n) is 13.8. The number of aryl methyl sites for hydroxylation is 1. The maximum Gasteiger partial charge on any atom is 0.323 e. The van der Waals surface area contributed by atoms with Gasteiger partial charge >= 0.3 is 23.9 Å². The number of sulfonamides is 2. The number of anilines is 1. The molecule has 1 aliphatic rings. The summed E-state index contributed by atoms with van der Waals surface area (Å²) < 4.78 is 75.7. The summed E-state index contributed by atoms with van der Waals surface area (Å²) in [6.07, 6.45) is 5.48. The molecule has 2 amide bonds. The van der Waals surface area contributed by atoms with Crippen LogP contribution in [-0.4, -0.2) is 251 Å². The van der Waals surface area contributed by atoms with Crippen LogP contribution in [0.15, 0.2) is 99.9 Å². The number of nitrogens with one attached hydrogen (secondary N) is 6. The molecule has 2 aromatic heterocycles. The number of pyridine rings is 1. The Labute approximate surface area is 508 Å². The molecule has 5 aromatic rings. The van der Waals surface area contributed by atoms with Crippen LogP contribution < -0.4 is 30.8 Å². The van der Waals surface area contributed by atoms with E-state index in [-0.39, 0.29) is 105 Å². The van der Waals surface area contributed by atoms with Gasteiger partial charge in [0.05, 0.1) is 67.9 Å². The van der Waals surface area contributed by atoms with Crippen molar-refractivity contribution in [2.24, 2.45) is 7.05 Å². The molecule has 1 atom stereocenters. The Hall–Kier alpha value is -7.76. The molecule has 1 saturated heterocycles. The first kappa shape index (κ1) is 69.3. The highest BCUT2D eigenvalue weighted by atomic mass is 32.2. The lowest BCUT2D eigenvalue weighted by Gasteiger charge is -2.32. The highest BCUT2D eigenvalue weighted by Gasteiger charge is 2.28. The molecule has 1 aliphatic heterocycles. The monoisotopic (exact) mass is 1270 g/mol. The fourth-order valence-electron chi connectivity index (χ4n) is 9.18. The quantitative estimate of drug-likeness (QED) is 0.0227. The maximum absolute atomic E-state index is 13.4. The maximum atomic E-state index is 13.4. The Morgan fingerprint density at radius 2 is 1.11 bits per heavy atom. The minimum Gasteiger partial charge on any atom is -0.480 e. The van der Waals surface area contributed by atoms with Gasteiger partial charge in [-0.25, -0.2) is 26.5 Å². The lowest BCUT2D eigenvalue weighted by Crippen LogP contribution is -2.49. The van der Waals surface area contributed by atoms with Gasteiger partial charge in [0.2, 0.25) is 31.4 Å². The Morgan fingerprint density at radius 3 is 1.60 bits per heavy atom. The smallest absolute Gasteiger partial charge is 0.323 e. The van der Waals surface area contributed by atoms with E-state index in [9.17, 15) is 70.8 Å². The number of rotatable bonds is 35. The zero-order chi connectivity index (χ0) is 63.6. The largest absolute Gasteiger partial charge is 0.480 e. The predicted molar refractivity (Wildman–Crippen MR) is 320 cm³/mol. The van der Waals surface area contributed by atoms with E-state index in [1.54, 1.807) is 69.0 Å². The number of carbonyl (C=O) groups is 6. The lowest BCUT2D eigenvalue weighted by atomic mass is 10.1. The second kappa shape index (κ2) is 34.7. The summed E-state index contributed by atoms with van der Waals surface area (Å²) in [6, 6.07) is 14.6. The number of imidazole rings is 1. The van der Waals surface area contributed by atoms with Gasteiger partial charge in [0, 0.05) is 123 Å². The number of aromatic amines is 1. The van der Waals surface area contributed by atoms with Crippen LogP contribution >= 0.6 is 0 Å². The number of carboxylic acids is 4. The van der Waals surface area contributed by atoms with E-state index in [0.717, 1.165) is 5.56 Å². The van der Waals surface area contributed by atoms with E-state index in [0.29, 0.717) is 94.5 Å². The minimum atomic E-state index is -4.45. The summed E-state index contributed by atoms with van der Waals surface area (Å²) >= 11 is 0. The van der Waals surface area contributed by atoms with Gasteiger partial charge in [0.25, 0.3) is 5.91 Å². The number of H-pyrrole nitrogens is 1. The lowest BCUT2D eigenvalue weighted by molar-refractivity contribution is -0.140. The molecule has 0 aliphatic carbocycles. The van der Waals surface area contributed by atoms with Crippen LogP contribution in [0.3, 0.4) is 0 Å². The number of ether oxygens (including phenoxy) is 3. The van der Waals surface area contributed by atoms with Gasteiger partial charge in [-0.2, -0.15) is 4.72 Å². The number of carboxylic acid groups (broad SMARTS) is 4. The van der Waals surface area contributed by atoms with E-state index >= 15 is 0 Å². The number of aromatic nitrogens is 3. The first-order chi connectivity index (χ1) is 42.1. The van der Waals surface area contributed by atoms with Crippen LogP contribution in [0.5, 0.6) is 0 Å². The normalized spacial score (nSPS) is 14.8. The van der Waals surface area contributed by atoms with Gasteiger partial charge in [0.15, 0.2) is 5.95 Å². The van der Waals surface area contributed by atoms with Crippen LogP contribution in [0.1, 0.15) is 28.8 Å². The van der Waals surface area contributed by atoms with E-state index in [1.165, 1.54) is 42.6 Å². The van der Waals surface area contributed by atoms with E-state index < -0.39 is 67.8 Å². The topological polar surface area (TPSA) is 403 Å². The average molecular weight is 1270 g/mol. The zero-order valence-corrected chi connectivity index (χ0v) is 50.3. The van der Waals surface area contributed by atoms with Gasteiger partial charge < -0.3 is 60.1 Å². The summed E-state index contributed by atoms with van der Waals surface area (Å²) in [5.74, 6) is -5.30. The van der Waals surface area contributed by atoms with E-state index in [4.69, 9.17) is 14.2 Å². The molecule has 0 bridgehead atoms. The van der Waals surface area contributed by atoms with Crippen molar-refractivity contribution in [3.8, 4) is 11.1 Å². The van der Waals surface area contributed by atoms with Crippen LogP contribution in [-0.2, 0) is 71.8 Å². The third-order valence-corrected chi connectivity index (χ3v) is 16.8. The Morgan fingerprint density at radius 1 is 0.625 bits per heavy atom. The molecule has 6 rings (SSSR count). The number of amides is 2. The predicted octanol–water partition coefficient (Wildman–Crippen LogP) is -0.598. The van der Waals surface area contributed by atoms with Crippen LogP contribution in [0, 0.1) is 0 Å². The van der Waals surface area contributed by atoms with Crippen molar-refractivity contribution in [1.82, 2.24) is 54.2 Å². The second-order valence-corrected chi connectivity index (χ2v) is 24.0. The summed E-state index contributed by atoms with van der Waals surface area (Å²) in [5, 5.41) is 46.7. The van der Waals surface area contributed by atoms with Gasteiger partial charge in [-0.05, 0) is 65.9 Å². The van der Waals surface area contributed by atoms with Crippen molar-refractivity contribution in [2.75, 3.05) is 143 Å². The summed E-state index contributed by atoms with van der Waals surface area (Å²) in [5.41, 5.74) is 1.59. The molecular formula is C56H76N12O18S2. The first-order valence-corrected chi connectivity index (χ1v) is 31.2. The summed E-state index contributed by atoms with van der Waals surface area (Å²) in [7, 11) is -6.70. The fourth-order valence-corrected chi connectivity index (χ4v) is 11.4. The average Bonchev–Trinajstić information content (AvgIpc) is 3.43. The molecule has 88 heavy (non-hydrogen) atoms. The Balaban J connectivity index is 0.827. The molecule has 32 heteroatoms. The second-order valence-electron chi connectivity index (χ2n) is 20.5. The highest BCUT2D eigenvalue weighted by molar-refractivity contribution is 7.89. The Bertz CT molecular complexity index is 3380. The summed E-state index contributed by atoms with van der Waals surface area (Å²) in [4.78, 5) is 99.9.